The van der Waals surface area contributed by atoms with E-state index in [4.69, 9.17) is 4.74 Å². The second-order valence-corrected chi connectivity index (χ2v) is 6.42. The number of nitrogens with one attached hydrogen (secondary N) is 1. The standard InChI is InChI=1S/C13H25NOS/c1-11(9-12-4-6-15-7-5-12)14-13-3-2-8-16-10-13/h11-14H,2-10H2,1H3. The molecule has 1 N–H and O–H groups in total. The molecule has 2 aliphatic heterocycles. The number of hydrogen-bond donors (Lipinski definition) is 1. The minimum absolute atomic E-state index is 0.687. The highest BCUT2D eigenvalue weighted by atomic mass is 32.2. The van der Waals surface area contributed by atoms with E-state index in [9.17, 15) is 0 Å². The van der Waals surface area contributed by atoms with E-state index < -0.39 is 0 Å². The van der Waals surface area contributed by atoms with Gasteiger partial charge in [0.25, 0.3) is 0 Å². The largest absolute Gasteiger partial charge is 0.381 e. The molecule has 94 valence electrons. The molecule has 2 saturated heterocycles. The Morgan fingerprint density at radius 1 is 1.31 bits per heavy atom. The lowest BCUT2D eigenvalue weighted by Crippen LogP contribution is -2.41. The first-order valence-corrected chi connectivity index (χ1v) is 7.91. The van der Waals surface area contributed by atoms with Gasteiger partial charge in [0.15, 0.2) is 0 Å². The molecule has 2 aliphatic rings. The van der Waals surface area contributed by atoms with Gasteiger partial charge >= 0.3 is 0 Å². The van der Waals surface area contributed by atoms with E-state index in [0.29, 0.717) is 6.04 Å². The smallest absolute Gasteiger partial charge is 0.0468 e. The van der Waals surface area contributed by atoms with Crippen LogP contribution in [0.1, 0.15) is 39.0 Å². The van der Waals surface area contributed by atoms with Gasteiger partial charge in [-0.05, 0) is 50.7 Å². The molecule has 16 heavy (non-hydrogen) atoms. The second kappa shape index (κ2) is 6.87. The SMILES string of the molecule is CC(CC1CCOCC1)NC1CCCSC1. The maximum Gasteiger partial charge on any atom is 0.0468 e. The molecule has 2 fully saturated rings. The molecule has 2 rings (SSSR count). The first-order chi connectivity index (χ1) is 7.84. The van der Waals surface area contributed by atoms with E-state index in [2.05, 4.69) is 24.0 Å². The van der Waals surface area contributed by atoms with Gasteiger partial charge in [-0.25, -0.2) is 0 Å². The molecule has 0 spiro atoms. The summed E-state index contributed by atoms with van der Waals surface area (Å²) in [6, 6.07) is 1.46. The van der Waals surface area contributed by atoms with Gasteiger partial charge in [-0.3, -0.25) is 0 Å². The molecule has 2 atom stereocenters. The van der Waals surface area contributed by atoms with Crippen LogP contribution in [0.15, 0.2) is 0 Å². The van der Waals surface area contributed by atoms with Crippen molar-refractivity contribution < 1.29 is 4.74 Å². The fraction of sp³-hybridized carbons (Fsp3) is 1.00. The predicted octanol–water partition coefficient (Wildman–Crippen LogP) is 2.68. The molecule has 0 aromatic heterocycles. The normalized spacial score (nSPS) is 30.2. The van der Waals surface area contributed by atoms with Crippen molar-refractivity contribution >= 4 is 11.8 Å². The predicted molar refractivity (Wildman–Crippen MR) is 71.1 cm³/mol. The van der Waals surface area contributed by atoms with Crippen LogP contribution in [-0.2, 0) is 4.74 Å². The Bertz CT molecular complexity index is 168. The lowest BCUT2D eigenvalue weighted by Gasteiger charge is -2.30. The Labute approximate surface area is 104 Å². The molecule has 0 radical (unpaired) electrons. The summed E-state index contributed by atoms with van der Waals surface area (Å²) in [5, 5.41) is 3.80. The molecule has 2 unspecified atom stereocenters. The van der Waals surface area contributed by atoms with Crippen molar-refractivity contribution in [1.82, 2.24) is 5.32 Å². The second-order valence-electron chi connectivity index (χ2n) is 5.27. The quantitative estimate of drug-likeness (QED) is 0.820. The average molecular weight is 243 g/mol. The van der Waals surface area contributed by atoms with E-state index in [1.165, 1.54) is 43.6 Å². The van der Waals surface area contributed by atoms with Crippen LogP contribution < -0.4 is 5.32 Å². The number of thioether (sulfide) groups is 1. The van der Waals surface area contributed by atoms with Gasteiger partial charge in [-0.2, -0.15) is 11.8 Å². The monoisotopic (exact) mass is 243 g/mol. The van der Waals surface area contributed by atoms with Gasteiger partial charge in [0.1, 0.15) is 0 Å². The molecule has 2 heterocycles. The first kappa shape index (κ1) is 12.7. The molecule has 0 aromatic rings. The van der Waals surface area contributed by atoms with Crippen molar-refractivity contribution in [1.29, 1.82) is 0 Å². The maximum absolute atomic E-state index is 5.41. The van der Waals surface area contributed by atoms with Crippen molar-refractivity contribution in [2.45, 2.75) is 51.1 Å². The average Bonchev–Trinajstić information content (AvgIpc) is 2.31. The fourth-order valence-electron chi connectivity index (χ4n) is 2.82. The third-order valence-corrected chi connectivity index (χ3v) is 4.92. The summed E-state index contributed by atoms with van der Waals surface area (Å²) in [4.78, 5) is 0. The first-order valence-electron chi connectivity index (χ1n) is 6.76. The summed E-state index contributed by atoms with van der Waals surface area (Å²) in [6.07, 6.45) is 6.65. The zero-order valence-corrected chi connectivity index (χ0v) is 11.2. The van der Waals surface area contributed by atoms with Crippen LogP contribution in [0.5, 0.6) is 0 Å². The fourth-order valence-corrected chi connectivity index (χ4v) is 3.91. The Balaban J connectivity index is 1.64. The van der Waals surface area contributed by atoms with Crippen LogP contribution in [-0.4, -0.2) is 36.8 Å². The van der Waals surface area contributed by atoms with Crippen molar-refractivity contribution in [3.63, 3.8) is 0 Å². The number of ether oxygens (including phenoxy) is 1. The zero-order valence-electron chi connectivity index (χ0n) is 10.4. The minimum Gasteiger partial charge on any atom is -0.381 e. The summed E-state index contributed by atoms with van der Waals surface area (Å²) >= 11 is 2.11. The van der Waals surface area contributed by atoms with Crippen LogP contribution in [0.3, 0.4) is 0 Å². The Kier molecular flexibility index (Phi) is 5.46. The molecular formula is C13H25NOS. The summed E-state index contributed by atoms with van der Waals surface area (Å²) in [6.45, 7) is 4.32. The van der Waals surface area contributed by atoms with Crippen molar-refractivity contribution in [2.24, 2.45) is 5.92 Å². The van der Waals surface area contributed by atoms with Crippen LogP contribution in [0.25, 0.3) is 0 Å². The van der Waals surface area contributed by atoms with Gasteiger partial charge < -0.3 is 10.1 Å². The molecular weight excluding hydrogens is 218 g/mol. The third-order valence-electron chi connectivity index (χ3n) is 3.71. The summed E-state index contributed by atoms with van der Waals surface area (Å²) in [7, 11) is 0. The highest BCUT2D eigenvalue weighted by Crippen LogP contribution is 2.22. The highest BCUT2D eigenvalue weighted by Gasteiger charge is 2.20. The van der Waals surface area contributed by atoms with Gasteiger partial charge in [-0.1, -0.05) is 0 Å². The highest BCUT2D eigenvalue weighted by molar-refractivity contribution is 7.99. The molecule has 0 amide bonds. The number of rotatable bonds is 4. The molecule has 0 aromatic carbocycles. The van der Waals surface area contributed by atoms with Crippen molar-refractivity contribution in [3.8, 4) is 0 Å². The molecule has 0 saturated carbocycles. The van der Waals surface area contributed by atoms with E-state index in [1.807, 2.05) is 0 Å². The van der Waals surface area contributed by atoms with Crippen molar-refractivity contribution in [2.75, 3.05) is 24.7 Å². The zero-order chi connectivity index (χ0) is 11.2. The third kappa shape index (κ3) is 4.27. The van der Waals surface area contributed by atoms with Crippen LogP contribution >= 0.6 is 11.8 Å². The maximum atomic E-state index is 5.41. The molecule has 2 nitrogen and oxygen atoms in total. The number of hydrogen-bond acceptors (Lipinski definition) is 3. The van der Waals surface area contributed by atoms with Gasteiger partial charge in [0.2, 0.25) is 0 Å². The van der Waals surface area contributed by atoms with E-state index in [-0.39, 0.29) is 0 Å². The molecule has 3 heteroatoms. The van der Waals surface area contributed by atoms with E-state index in [0.717, 1.165) is 25.2 Å². The topological polar surface area (TPSA) is 21.3 Å². The summed E-state index contributed by atoms with van der Waals surface area (Å²) in [5.74, 6) is 3.58. The van der Waals surface area contributed by atoms with Crippen LogP contribution in [0.2, 0.25) is 0 Å². The van der Waals surface area contributed by atoms with Gasteiger partial charge in [0.05, 0.1) is 0 Å². The Hall–Kier alpha value is 0.270. The Morgan fingerprint density at radius 2 is 2.12 bits per heavy atom. The van der Waals surface area contributed by atoms with Crippen LogP contribution in [0.4, 0.5) is 0 Å². The van der Waals surface area contributed by atoms with Gasteiger partial charge in [0, 0.05) is 31.1 Å². The van der Waals surface area contributed by atoms with Gasteiger partial charge in [-0.15, -0.1) is 0 Å². The van der Waals surface area contributed by atoms with Crippen LogP contribution in [0, 0.1) is 5.92 Å². The summed E-state index contributed by atoms with van der Waals surface area (Å²) < 4.78 is 5.41. The lowest BCUT2D eigenvalue weighted by atomic mass is 9.93. The molecule has 0 bridgehead atoms. The molecule has 0 aliphatic carbocycles. The minimum atomic E-state index is 0.687. The Morgan fingerprint density at radius 3 is 2.81 bits per heavy atom. The van der Waals surface area contributed by atoms with E-state index >= 15 is 0 Å². The summed E-state index contributed by atoms with van der Waals surface area (Å²) in [5.41, 5.74) is 0. The van der Waals surface area contributed by atoms with Crippen molar-refractivity contribution in [3.05, 3.63) is 0 Å². The lowest BCUT2D eigenvalue weighted by molar-refractivity contribution is 0.0608. The van der Waals surface area contributed by atoms with E-state index in [1.54, 1.807) is 0 Å².